The van der Waals surface area contributed by atoms with Gasteiger partial charge in [0, 0.05) is 28.8 Å². The SMILES string of the molecule is CNCCOC12CC3(C)CC(C)(CC(Cc4n[nH]c(C)c4-c4ccc(-c5[nH]c6c(C(=O)Nc7nc8ccccc8s7)cccc6c5C)nc4C(=O)O)(C3)C1)C2. The number of likely N-dealkylation sites (N-methyl/N-ethyl adjacent to an activating group) is 1. The van der Waals surface area contributed by atoms with Crippen molar-refractivity contribution in [1.29, 1.82) is 0 Å². The Kier molecular flexibility index (Phi) is 8.34. The molecule has 2 aromatic carbocycles. The molecule has 55 heavy (non-hydrogen) atoms. The lowest BCUT2D eigenvalue weighted by Crippen LogP contribution is -2.64. The minimum atomic E-state index is -1.11. The molecule has 4 heterocycles. The average molecular weight is 758 g/mol. The van der Waals surface area contributed by atoms with Gasteiger partial charge in [0.2, 0.25) is 0 Å². The van der Waals surface area contributed by atoms with Crippen LogP contribution in [0.25, 0.3) is 43.6 Å². The highest BCUT2D eigenvalue weighted by atomic mass is 32.1. The van der Waals surface area contributed by atoms with Crippen LogP contribution >= 0.6 is 11.3 Å². The third kappa shape index (κ3) is 6.15. The predicted octanol–water partition coefficient (Wildman–Crippen LogP) is 8.69. The van der Waals surface area contributed by atoms with Crippen LogP contribution in [-0.4, -0.2) is 67.9 Å². The summed E-state index contributed by atoms with van der Waals surface area (Å²) in [6.07, 6.45) is 7.35. The summed E-state index contributed by atoms with van der Waals surface area (Å²) in [4.78, 5) is 39.4. The number of carboxylic acid groups (broad SMARTS) is 1. The van der Waals surface area contributed by atoms with E-state index in [1.807, 2.05) is 69.4 Å². The van der Waals surface area contributed by atoms with E-state index in [0.29, 0.717) is 39.8 Å². The molecule has 6 aromatic rings. The number of carboxylic acids is 1. The molecule has 4 bridgehead atoms. The molecular weight excluding hydrogens is 711 g/mol. The number of carbonyl (C=O) groups is 2. The first kappa shape index (κ1) is 35.8. The van der Waals surface area contributed by atoms with E-state index in [4.69, 9.17) is 14.8 Å². The van der Waals surface area contributed by atoms with Crippen molar-refractivity contribution in [3.8, 4) is 22.5 Å². The fourth-order valence-corrected chi connectivity index (χ4v) is 12.6. The summed E-state index contributed by atoms with van der Waals surface area (Å²) in [5.41, 5.74) is 7.22. The Morgan fingerprint density at radius 1 is 0.945 bits per heavy atom. The molecule has 1 amide bonds. The summed E-state index contributed by atoms with van der Waals surface area (Å²) in [7, 11) is 1.96. The number of H-pyrrole nitrogens is 2. The van der Waals surface area contributed by atoms with Gasteiger partial charge in [-0.05, 0) is 118 Å². The zero-order valence-electron chi connectivity index (χ0n) is 32.0. The van der Waals surface area contributed by atoms with Gasteiger partial charge in [0.05, 0.1) is 50.6 Å². The number of aromatic nitrogens is 5. The maximum Gasteiger partial charge on any atom is 0.355 e. The Bertz CT molecular complexity index is 2460. The van der Waals surface area contributed by atoms with Crippen LogP contribution in [0.1, 0.15) is 90.2 Å². The van der Waals surface area contributed by atoms with E-state index in [9.17, 15) is 14.7 Å². The number of nitrogens with one attached hydrogen (secondary N) is 4. The minimum Gasteiger partial charge on any atom is -0.476 e. The van der Waals surface area contributed by atoms with E-state index in [0.717, 1.165) is 83.2 Å². The molecule has 2 unspecified atom stereocenters. The first-order chi connectivity index (χ1) is 26.3. The summed E-state index contributed by atoms with van der Waals surface area (Å²) in [5, 5.41) is 26.3. The normalized spacial score (nSPS) is 25.6. The molecule has 4 aromatic heterocycles. The van der Waals surface area contributed by atoms with Crippen LogP contribution in [0.2, 0.25) is 0 Å². The smallest absolute Gasteiger partial charge is 0.355 e. The number of aromatic amines is 2. The third-order valence-electron chi connectivity index (χ3n) is 12.5. The maximum absolute atomic E-state index is 13.6. The number of nitrogens with zero attached hydrogens (tertiary/aromatic N) is 3. The van der Waals surface area contributed by atoms with Crippen molar-refractivity contribution in [2.75, 3.05) is 25.5 Å². The molecule has 0 aliphatic heterocycles. The Labute approximate surface area is 323 Å². The number of pyridine rings is 1. The van der Waals surface area contributed by atoms with Crippen LogP contribution in [0.5, 0.6) is 0 Å². The molecule has 0 radical (unpaired) electrons. The highest BCUT2D eigenvalue weighted by Crippen LogP contribution is 2.72. The molecule has 4 aliphatic rings. The molecule has 0 saturated heterocycles. The highest BCUT2D eigenvalue weighted by molar-refractivity contribution is 7.22. The van der Waals surface area contributed by atoms with E-state index in [2.05, 4.69) is 39.5 Å². The molecule has 5 N–H and O–H groups in total. The lowest BCUT2D eigenvalue weighted by Gasteiger charge is -2.69. The van der Waals surface area contributed by atoms with Gasteiger partial charge in [-0.2, -0.15) is 5.10 Å². The topological polar surface area (TPSA) is 158 Å². The molecule has 12 heteroatoms. The number of hydrogen-bond donors (Lipinski definition) is 5. The summed E-state index contributed by atoms with van der Waals surface area (Å²) in [6.45, 7) is 10.3. The Hall–Kier alpha value is -4.91. The monoisotopic (exact) mass is 757 g/mol. The first-order valence-corrected chi connectivity index (χ1v) is 20.0. The molecule has 284 valence electrons. The molecule has 4 aliphatic carbocycles. The fraction of sp³-hybridized carbons (Fsp3) is 0.419. The molecule has 2 atom stereocenters. The number of aryl methyl sites for hydroxylation is 2. The summed E-state index contributed by atoms with van der Waals surface area (Å²) >= 11 is 1.42. The van der Waals surface area contributed by atoms with E-state index in [-0.39, 0.29) is 33.4 Å². The van der Waals surface area contributed by atoms with Crippen molar-refractivity contribution < 1.29 is 19.4 Å². The Balaban J connectivity index is 1.05. The van der Waals surface area contributed by atoms with Crippen molar-refractivity contribution in [2.45, 2.75) is 78.2 Å². The summed E-state index contributed by atoms with van der Waals surface area (Å²) in [5.74, 6) is -1.40. The van der Waals surface area contributed by atoms with Crippen LogP contribution in [0.4, 0.5) is 5.13 Å². The quantitative estimate of drug-likeness (QED) is 0.0822. The molecule has 10 rings (SSSR count). The molecular formula is C43H47N7O4S. The predicted molar refractivity (Wildman–Crippen MR) is 216 cm³/mol. The van der Waals surface area contributed by atoms with Gasteiger partial charge >= 0.3 is 5.97 Å². The van der Waals surface area contributed by atoms with Gasteiger partial charge in [-0.1, -0.05) is 49.4 Å². The van der Waals surface area contributed by atoms with Crippen LogP contribution in [0.15, 0.2) is 54.6 Å². The molecule has 4 saturated carbocycles. The number of benzene rings is 2. The number of thiazole rings is 1. The lowest BCUT2D eigenvalue weighted by atomic mass is 9.38. The van der Waals surface area contributed by atoms with E-state index >= 15 is 0 Å². The second-order valence-electron chi connectivity index (χ2n) is 17.4. The third-order valence-corrected chi connectivity index (χ3v) is 13.4. The highest BCUT2D eigenvalue weighted by Gasteiger charge is 2.66. The van der Waals surface area contributed by atoms with Gasteiger partial charge in [0.1, 0.15) is 0 Å². The first-order valence-electron chi connectivity index (χ1n) is 19.2. The van der Waals surface area contributed by atoms with Gasteiger partial charge in [-0.3, -0.25) is 15.2 Å². The standard InChI is InChI=1S/C43H47N7O4S/c1-24-26-9-8-10-28(37(51)48-39-46-29-11-6-7-12-32(29)55-39)35(26)47-34(24)30-14-13-27(36(45-30)38(52)53)33-25(2)49-50-31(33)17-42-19-40(3)18-41(4,20-42)22-43(21-40,23-42)54-16-15-44-5/h6-14,44,47H,15-23H2,1-5H3,(H,49,50)(H,52,53)(H,46,48,51). The number of ether oxygens (including phenoxy) is 1. The van der Waals surface area contributed by atoms with Crippen molar-refractivity contribution in [3.63, 3.8) is 0 Å². The zero-order valence-corrected chi connectivity index (χ0v) is 32.8. The van der Waals surface area contributed by atoms with E-state index < -0.39 is 5.97 Å². The second kappa shape index (κ2) is 12.8. The average Bonchev–Trinajstić information content (AvgIpc) is 3.80. The van der Waals surface area contributed by atoms with Crippen LogP contribution < -0.4 is 10.6 Å². The van der Waals surface area contributed by atoms with Crippen molar-refractivity contribution in [3.05, 3.63) is 82.8 Å². The zero-order chi connectivity index (χ0) is 38.3. The number of fused-ring (bicyclic) bond motifs is 2. The molecule has 0 spiro atoms. The number of amides is 1. The largest absolute Gasteiger partial charge is 0.476 e. The van der Waals surface area contributed by atoms with Crippen molar-refractivity contribution in [2.24, 2.45) is 16.2 Å². The second-order valence-corrected chi connectivity index (χ2v) is 18.4. The number of aromatic carboxylic acids is 1. The van der Waals surface area contributed by atoms with Gasteiger partial charge in [-0.15, -0.1) is 0 Å². The van der Waals surface area contributed by atoms with Crippen LogP contribution in [0.3, 0.4) is 0 Å². The van der Waals surface area contributed by atoms with Crippen LogP contribution in [-0.2, 0) is 11.2 Å². The maximum atomic E-state index is 13.6. The van der Waals surface area contributed by atoms with E-state index in [1.54, 1.807) is 6.07 Å². The van der Waals surface area contributed by atoms with E-state index in [1.165, 1.54) is 17.8 Å². The van der Waals surface area contributed by atoms with Gasteiger partial charge < -0.3 is 20.1 Å². The van der Waals surface area contributed by atoms with Gasteiger partial charge in [0.15, 0.2) is 10.8 Å². The van der Waals surface area contributed by atoms with Gasteiger partial charge in [0.25, 0.3) is 5.91 Å². The number of hydrogen-bond acceptors (Lipinski definition) is 8. The minimum absolute atomic E-state index is 0.00350. The summed E-state index contributed by atoms with van der Waals surface area (Å²) in [6, 6.07) is 17.1. The molecule has 4 fully saturated rings. The van der Waals surface area contributed by atoms with Crippen molar-refractivity contribution >= 4 is 49.5 Å². The number of carbonyl (C=O) groups excluding carboxylic acids is 1. The van der Waals surface area contributed by atoms with Crippen LogP contribution in [0, 0.1) is 30.1 Å². The molecule has 11 nitrogen and oxygen atoms in total. The number of anilines is 1. The summed E-state index contributed by atoms with van der Waals surface area (Å²) < 4.78 is 7.78. The van der Waals surface area contributed by atoms with Crippen molar-refractivity contribution in [1.82, 2.24) is 30.5 Å². The van der Waals surface area contributed by atoms with Gasteiger partial charge in [-0.25, -0.2) is 14.8 Å². The Morgan fingerprint density at radius 2 is 1.73 bits per heavy atom. The Morgan fingerprint density at radius 3 is 2.47 bits per heavy atom. The number of rotatable bonds is 11. The fourth-order valence-electron chi connectivity index (χ4n) is 11.7. The number of para-hydroxylation sites is 2. The lowest BCUT2D eigenvalue weighted by molar-refractivity contribution is -0.244.